The third-order valence-electron chi connectivity index (χ3n) is 3.30. The van der Waals surface area contributed by atoms with E-state index in [0.29, 0.717) is 5.69 Å². The van der Waals surface area contributed by atoms with Crippen LogP contribution < -0.4 is 0 Å². The summed E-state index contributed by atoms with van der Waals surface area (Å²) in [6, 6.07) is 6.83. The molecule has 0 amide bonds. The molecule has 1 aromatic carbocycles. The lowest BCUT2D eigenvalue weighted by Gasteiger charge is -2.23. The van der Waals surface area contributed by atoms with Gasteiger partial charge >= 0.3 is 0 Å². The van der Waals surface area contributed by atoms with Gasteiger partial charge in [0.05, 0.1) is 5.60 Å². The van der Waals surface area contributed by atoms with Crippen molar-refractivity contribution < 1.29 is 13.9 Å². The lowest BCUT2D eigenvalue weighted by Crippen LogP contribution is -2.25. The van der Waals surface area contributed by atoms with Crippen LogP contribution in [0.1, 0.15) is 30.7 Å². The summed E-state index contributed by atoms with van der Waals surface area (Å²) in [5, 5.41) is 10.4. The first-order valence-electron chi connectivity index (χ1n) is 6.53. The number of nitrogens with zero attached hydrogens (tertiary/aromatic N) is 1. The number of hydrogen-bond donors (Lipinski definition) is 1. The summed E-state index contributed by atoms with van der Waals surface area (Å²) >= 11 is 0. The van der Waals surface area contributed by atoms with Crippen LogP contribution in [0.3, 0.4) is 0 Å². The molecule has 0 spiro atoms. The molecule has 1 atom stereocenters. The summed E-state index contributed by atoms with van der Waals surface area (Å²) in [6.07, 6.45) is 2.83. The molecule has 1 unspecified atom stereocenters. The average Bonchev–Trinajstić information content (AvgIpc) is 2.38. The molecule has 2 aromatic rings. The largest absolute Gasteiger partial charge is 0.385 e. The zero-order valence-corrected chi connectivity index (χ0v) is 11.5. The lowest BCUT2D eigenvalue weighted by molar-refractivity contribution is 0.0559. The van der Waals surface area contributed by atoms with Gasteiger partial charge in [-0.3, -0.25) is 4.98 Å². The maximum Gasteiger partial charge on any atom is 0.126 e. The highest BCUT2D eigenvalue weighted by molar-refractivity contribution is 5.26. The van der Waals surface area contributed by atoms with E-state index in [-0.39, 0.29) is 12.0 Å². The van der Waals surface area contributed by atoms with Crippen LogP contribution in [0.25, 0.3) is 0 Å². The summed E-state index contributed by atoms with van der Waals surface area (Å²) in [4.78, 5) is 4.26. The quantitative estimate of drug-likeness (QED) is 0.929. The number of aromatic nitrogens is 1. The van der Waals surface area contributed by atoms with Crippen molar-refractivity contribution >= 4 is 0 Å². The van der Waals surface area contributed by atoms with Crippen LogP contribution in [-0.4, -0.2) is 10.1 Å². The van der Waals surface area contributed by atoms with E-state index in [0.717, 1.165) is 30.2 Å². The van der Waals surface area contributed by atoms with Crippen molar-refractivity contribution in [3.63, 3.8) is 0 Å². The summed E-state index contributed by atoms with van der Waals surface area (Å²) in [6.45, 7) is 3.55. The first-order valence-corrected chi connectivity index (χ1v) is 6.53. The van der Waals surface area contributed by atoms with Gasteiger partial charge in [-0.2, -0.15) is 0 Å². The monoisotopic (exact) mass is 277 g/mol. The van der Waals surface area contributed by atoms with Crippen LogP contribution in [0.5, 0.6) is 0 Å². The van der Waals surface area contributed by atoms with Crippen LogP contribution in [-0.2, 0) is 18.4 Å². The SMILES string of the molecule is CCc1ccc(CC(C)(O)c2cc(F)cc(F)c2)nc1. The molecule has 0 aliphatic heterocycles. The van der Waals surface area contributed by atoms with Crippen LogP contribution >= 0.6 is 0 Å². The van der Waals surface area contributed by atoms with Gasteiger partial charge in [0.15, 0.2) is 0 Å². The topological polar surface area (TPSA) is 33.1 Å². The van der Waals surface area contributed by atoms with Crippen LogP contribution in [0.2, 0.25) is 0 Å². The highest BCUT2D eigenvalue weighted by Crippen LogP contribution is 2.26. The van der Waals surface area contributed by atoms with Gasteiger partial charge in [0, 0.05) is 24.4 Å². The molecule has 20 heavy (non-hydrogen) atoms. The standard InChI is InChI=1S/C16H17F2NO/c1-3-11-4-5-15(19-10-11)9-16(2,20)12-6-13(17)8-14(18)7-12/h4-8,10,20H,3,9H2,1-2H3. The first-order chi connectivity index (χ1) is 9.40. The van der Waals surface area contributed by atoms with E-state index in [9.17, 15) is 13.9 Å². The van der Waals surface area contributed by atoms with Gasteiger partial charge in [-0.05, 0) is 42.7 Å². The number of benzene rings is 1. The minimum atomic E-state index is -1.37. The zero-order valence-electron chi connectivity index (χ0n) is 11.5. The van der Waals surface area contributed by atoms with E-state index in [1.54, 1.807) is 6.20 Å². The summed E-state index contributed by atoms with van der Waals surface area (Å²) in [5.74, 6) is -1.40. The number of rotatable bonds is 4. The fourth-order valence-corrected chi connectivity index (χ4v) is 2.09. The van der Waals surface area contributed by atoms with Crippen LogP contribution in [0.15, 0.2) is 36.5 Å². The summed E-state index contributed by atoms with van der Waals surface area (Å²) in [7, 11) is 0. The molecule has 0 aliphatic rings. The average molecular weight is 277 g/mol. The Kier molecular flexibility index (Phi) is 4.14. The molecule has 0 bridgehead atoms. The molecule has 0 fully saturated rings. The molecule has 2 nitrogen and oxygen atoms in total. The Bertz CT molecular complexity index is 574. The molecular formula is C16H17F2NO. The van der Waals surface area contributed by atoms with Crippen molar-refractivity contribution in [2.75, 3.05) is 0 Å². The molecule has 0 radical (unpaired) electrons. The van der Waals surface area contributed by atoms with Crippen molar-refractivity contribution in [1.29, 1.82) is 0 Å². The third kappa shape index (κ3) is 3.39. The predicted octanol–water partition coefficient (Wildman–Crippen LogP) is 3.37. The highest BCUT2D eigenvalue weighted by atomic mass is 19.1. The van der Waals surface area contributed by atoms with Crippen molar-refractivity contribution in [3.8, 4) is 0 Å². The molecular weight excluding hydrogens is 260 g/mol. The molecule has 4 heteroatoms. The minimum Gasteiger partial charge on any atom is -0.385 e. The van der Waals surface area contributed by atoms with E-state index in [4.69, 9.17) is 0 Å². The normalized spacial score (nSPS) is 14.1. The van der Waals surface area contributed by atoms with Gasteiger partial charge in [-0.1, -0.05) is 13.0 Å². The molecule has 1 aromatic heterocycles. The molecule has 0 saturated carbocycles. The van der Waals surface area contributed by atoms with E-state index >= 15 is 0 Å². The van der Waals surface area contributed by atoms with Gasteiger partial charge in [-0.15, -0.1) is 0 Å². The second-order valence-corrected chi connectivity index (χ2v) is 5.12. The Balaban J connectivity index is 2.24. The fraction of sp³-hybridized carbons (Fsp3) is 0.312. The molecule has 1 N–H and O–H groups in total. The second-order valence-electron chi connectivity index (χ2n) is 5.12. The van der Waals surface area contributed by atoms with Crippen molar-refractivity contribution in [1.82, 2.24) is 4.98 Å². The highest BCUT2D eigenvalue weighted by Gasteiger charge is 2.25. The lowest BCUT2D eigenvalue weighted by atomic mass is 9.90. The van der Waals surface area contributed by atoms with Crippen LogP contribution in [0, 0.1) is 11.6 Å². The van der Waals surface area contributed by atoms with Crippen molar-refractivity contribution in [2.45, 2.75) is 32.3 Å². The Morgan fingerprint density at radius 1 is 1.15 bits per heavy atom. The fourth-order valence-electron chi connectivity index (χ4n) is 2.09. The number of aryl methyl sites for hydroxylation is 1. The number of hydrogen-bond acceptors (Lipinski definition) is 2. The van der Waals surface area contributed by atoms with Crippen molar-refractivity contribution in [2.24, 2.45) is 0 Å². The van der Waals surface area contributed by atoms with E-state index < -0.39 is 17.2 Å². The molecule has 1 heterocycles. The first kappa shape index (κ1) is 14.6. The number of halogens is 2. The van der Waals surface area contributed by atoms with Crippen molar-refractivity contribution in [3.05, 3.63) is 65.0 Å². The Morgan fingerprint density at radius 2 is 1.80 bits per heavy atom. The van der Waals surface area contributed by atoms with Gasteiger partial charge in [-0.25, -0.2) is 8.78 Å². The maximum absolute atomic E-state index is 13.2. The smallest absolute Gasteiger partial charge is 0.126 e. The number of pyridine rings is 1. The molecule has 0 aliphatic carbocycles. The minimum absolute atomic E-state index is 0.194. The molecule has 2 rings (SSSR count). The number of aliphatic hydroxyl groups is 1. The summed E-state index contributed by atoms with van der Waals surface area (Å²) < 4.78 is 26.5. The second kappa shape index (κ2) is 5.67. The maximum atomic E-state index is 13.2. The molecule has 106 valence electrons. The van der Waals surface area contributed by atoms with Gasteiger partial charge in [0.2, 0.25) is 0 Å². The third-order valence-corrected chi connectivity index (χ3v) is 3.30. The van der Waals surface area contributed by atoms with Gasteiger partial charge < -0.3 is 5.11 Å². The summed E-state index contributed by atoms with van der Waals surface area (Å²) in [5.41, 5.74) is 0.613. The van der Waals surface area contributed by atoms with E-state index in [1.807, 2.05) is 19.1 Å². The predicted molar refractivity (Wildman–Crippen MR) is 73.2 cm³/mol. The van der Waals surface area contributed by atoms with Crippen LogP contribution in [0.4, 0.5) is 8.78 Å². The molecule has 0 saturated heterocycles. The Hall–Kier alpha value is -1.81. The Labute approximate surface area is 117 Å². The van der Waals surface area contributed by atoms with Gasteiger partial charge in [0.1, 0.15) is 11.6 Å². The van der Waals surface area contributed by atoms with Gasteiger partial charge in [0.25, 0.3) is 0 Å². The Morgan fingerprint density at radius 3 is 2.30 bits per heavy atom. The van der Waals surface area contributed by atoms with E-state index in [2.05, 4.69) is 4.98 Å². The zero-order chi connectivity index (χ0) is 14.8. The van der Waals surface area contributed by atoms with E-state index in [1.165, 1.54) is 6.92 Å².